The van der Waals surface area contributed by atoms with Crippen molar-refractivity contribution in [2.24, 2.45) is 11.7 Å². The average Bonchev–Trinajstić information content (AvgIpc) is 2.63. The molecular formula is C9H10N4. The molecule has 0 aromatic carbocycles. The maximum atomic E-state index is 5.69. The lowest BCUT2D eigenvalue weighted by Gasteiger charge is -2.14. The van der Waals surface area contributed by atoms with Crippen LogP contribution in [0, 0.1) is 5.92 Å². The fourth-order valence-corrected chi connectivity index (χ4v) is 1.98. The number of hydrogen-bond acceptors (Lipinski definition) is 3. The number of rotatable bonds is 1. The summed E-state index contributed by atoms with van der Waals surface area (Å²) in [6.07, 6.45) is 10.6. The molecular weight excluding hydrogens is 164 g/mol. The molecule has 1 aromatic rings. The van der Waals surface area contributed by atoms with E-state index in [0.29, 0.717) is 5.92 Å². The highest BCUT2D eigenvalue weighted by molar-refractivity contribution is 5.36. The summed E-state index contributed by atoms with van der Waals surface area (Å²) < 4.78 is 1.91. The first-order chi connectivity index (χ1) is 6.31. The summed E-state index contributed by atoms with van der Waals surface area (Å²) in [6.45, 7) is 0. The molecule has 0 spiro atoms. The van der Waals surface area contributed by atoms with E-state index >= 15 is 0 Å². The Morgan fingerprint density at radius 1 is 1.62 bits per heavy atom. The van der Waals surface area contributed by atoms with Crippen molar-refractivity contribution in [1.82, 2.24) is 14.8 Å². The van der Waals surface area contributed by atoms with Gasteiger partial charge in [-0.15, -0.1) is 0 Å². The molecule has 2 aliphatic rings. The normalized spacial score (nSPS) is 35.4. The maximum Gasteiger partial charge on any atom is 0.137 e. The van der Waals surface area contributed by atoms with Gasteiger partial charge in [-0.2, -0.15) is 5.10 Å². The predicted molar refractivity (Wildman–Crippen MR) is 47.5 cm³/mol. The average molecular weight is 174 g/mol. The van der Waals surface area contributed by atoms with Crippen LogP contribution >= 0.6 is 0 Å². The molecule has 66 valence electrons. The summed E-state index contributed by atoms with van der Waals surface area (Å²) in [5.74, 6) is 0.513. The van der Waals surface area contributed by atoms with Crippen LogP contribution in [0.1, 0.15) is 6.42 Å². The van der Waals surface area contributed by atoms with Crippen molar-refractivity contribution in [3.63, 3.8) is 0 Å². The van der Waals surface area contributed by atoms with E-state index in [4.69, 9.17) is 5.73 Å². The number of nitrogens with two attached hydrogens (primary N) is 1. The fraction of sp³-hybridized carbons (Fsp3) is 0.333. The molecule has 3 rings (SSSR count). The lowest BCUT2D eigenvalue weighted by atomic mass is 10.1. The standard InChI is InChI=1S/C9H10N4/c10-8-1-2-9(4-7(9)3-8)13-6-11-5-12-13/h1-3,5-7H,4,10H2. The van der Waals surface area contributed by atoms with Gasteiger partial charge in [0.05, 0.1) is 5.54 Å². The Balaban J connectivity index is 2.02. The predicted octanol–water partition coefficient (Wildman–Crippen LogP) is 0.406. The van der Waals surface area contributed by atoms with Crippen molar-refractivity contribution < 1.29 is 0 Å². The van der Waals surface area contributed by atoms with Crippen LogP contribution in [0.15, 0.2) is 36.6 Å². The number of hydrogen-bond donors (Lipinski definition) is 1. The first kappa shape index (κ1) is 6.88. The van der Waals surface area contributed by atoms with Gasteiger partial charge >= 0.3 is 0 Å². The molecule has 1 aromatic heterocycles. The molecule has 0 amide bonds. The van der Waals surface area contributed by atoms with Gasteiger partial charge < -0.3 is 5.73 Å². The largest absolute Gasteiger partial charge is 0.399 e. The van der Waals surface area contributed by atoms with Crippen LogP contribution in [-0.4, -0.2) is 14.8 Å². The zero-order chi connectivity index (χ0) is 8.89. The van der Waals surface area contributed by atoms with Crippen molar-refractivity contribution in [2.45, 2.75) is 12.0 Å². The molecule has 2 unspecified atom stereocenters. The highest BCUT2D eigenvalue weighted by Crippen LogP contribution is 2.53. The Morgan fingerprint density at radius 2 is 2.54 bits per heavy atom. The Labute approximate surface area is 75.8 Å². The van der Waals surface area contributed by atoms with Crippen LogP contribution < -0.4 is 5.73 Å². The zero-order valence-corrected chi connectivity index (χ0v) is 7.09. The molecule has 1 fully saturated rings. The van der Waals surface area contributed by atoms with Gasteiger partial charge in [-0.1, -0.05) is 12.2 Å². The van der Waals surface area contributed by atoms with E-state index in [-0.39, 0.29) is 5.54 Å². The van der Waals surface area contributed by atoms with Crippen LogP contribution in [0.2, 0.25) is 0 Å². The highest BCUT2D eigenvalue weighted by atomic mass is 15.4. The van der Waals surface area contributed by atoms with Crippen molar-refractivity contribution in [2.75, 3.05) is 0 Å². The number of allylic oxidation sites excluding steroid dienone is 3. The number of aromatic nitrogens is 3. The van der Waals surface area contributed by atoms with E-state index in [1.165, 1.54) is 0 Å². The van der Waals surface area contributed by atoms with Crippen molar-refractivity contribution >= 4 is 0 Å². The van der Waals surface area contributed by atoms with E-state index in [9.17, 15) is 0 Å². The topological polar surface area (TPSA) is 56.7 Å². The molecule has 2 N–H and O–H groups in total. The van der Waals surface area contributed by atoms with E-state index in [0.717, 1.165) is 12.1 Å². The van der Waals surface area contributed by atoms with Gasteiger partial charge in [-0.3, -0.25) is 0 Å². The van der Waals surface area contributed by atoms with Gasteiger partial charge in [0.1, 0.15) is 12.7 Å². The number of fused-ring (bicyclic) bond motifs is 1. The van der Waals surface area contributed by atoms with Gasteiger partial charge in [0.25, 0.3) is 0 Å². The second kappa shape index (κ2) is 2.02. The van der Waals surface area contributed by atoms with E-state index < -0.39 is 0 Å². The third-order valence-corrected chi connectivity index (χ3v) is 2.83. The summed E-state index contributed by atoms with van der Waals surface area (Å²) in [5, 5.41) is 4.16. The maximum absolute atomic E-state index is 5.69. The molecule has 0 bridgehead atoms. The van der Waals surface area contributed by atoms with Crippen LogP contribution in [0.3, 0.4) is 0 Å². The minimum atomic E-state index is 0.0549. The van der Waals surface area contributed by atoms with Gasteiger partial charge in [0, 0.05) is 11.6 Å². The third kappa shape index (κ3) is 0.798. The van der Waals surface area contributed by atoms with E-state index in [1.807, 2.05) is 10.8 Å². The van der Waals surface area contributed by atoms with E-state index in [1.54, 1.807) is 12.7 Å². The molecule has 0 radical (unpaired) electrons. The summed E-state index contributed by atoms with van der Waals surface area (Å²) in [7, 11) is 0. The smallest absolute Gasteiger partial charge is 0.137 e. The molecule has 0 saturated heterocycles. The lowest BCUT2D eigenvalue weighted by molar-refractivity contribution is 0.496. The molecule has 2 atom stereocenters. The molecule has 4 heteroatoms. The second-order valence-corrected chi connectivity index (χ2v) is 3.64. The highest BCUT2D eigenvalue weighted by Gasteiger charge is 2.54. The summed E-state index contributed by atoms with van der Waals surface area (Å²) in [4.78, 5) is 3.95. The lowest BCUT2D eigenvalue weighted by Crippen LogP contribution is -2.20. The SMILES string of the molecule is NC1=CC2CC2(n2cncn2)C=C1. The molecule has 1 saturated carbocycles. The molecule has 0 aliphatic heterocycles. The minimum Gasteiger partial charge on any atom is -0.399 e. The Hall–Kier alpha value is -1.58. The van der Waals surface area contributed by atoms with E-state index in [2.05, 4.69) is 22.2 Å². The van der Waals surface area contributed by atoms with Crippen molar-refractivity contribution in [1.29, 1.82) is 0 Å². The first-order valence-corrected chi connectivity index (χ1v) is 4.33. The van der Waals surface area contributed by atoms with Crippen molar-refractivity contribution in [3.05, 3.63) is 36.6 Å². The fourth-order valence-electron chi connectivity index (χ4n) is 1.98. The van der Waals surface area contributed by atoms with Gasteiger partial charge in [0.2, 0.25) is 0 Å². The monoisotopic (exact) mass is 174 g/mol. The number of nitrogens with zero attached hydrogens (tertiary/aromatic N) is 3. The second-order valence-electron chi connectivity index (χ2n) is 3.64. The van der Waals surface area contributed by atoms with Gasteiger partial charge in [-0.25, -0.2) is 9.67 Å². The molecule has 1 heterocycles. The molecule has 4 nitrogen and oxygen atoms in total. The molecule has 13 heavy (non-hydrogen) atoms. The summed E-state index contributed by atoms with van der Waals surface area (Å²) in [5.41, 5.74) is 6.61. The first-order valence-electron chi connectivity index (χ1n) is 4.33. The zero-order valence-electron chi connectivity index (χ0n) is 7.09. The Bertz CT molecular complexity index is 390. The van der Waals surface area contributed by atoms with Gasteiger partial charge in [-0.05, 0) is 12.5 Å². The third-order valence-electron chi connectivity index (χ3n) is 2.83. The quantitative estimate of drug-likeness (QED) is 0.670. The molecule has 2 aliphatic carbocycles. The van der Waals surface area contributed by atoms with Crippen LogP contribution in [0.25, 0.3) is 0 Å². The minimum absolute atomic E-state index is 0.0549. The van der Waals surface area contributed by atoms with Crippen molar-refractivity contribution in [3.8, 4) is 0 Å². The van der Waals surface area contributed by atoms with Crippen LogP contribution in [0.5, 0.6) is 0 Å². The summed E-state index contributed by atoms with van der Waals surface area (Å²) >= 11 is 0. The Kier molecular flexibility index (Phi) is 1.07. The summed E-state index contributed by atoms with van der Waals surface area (Å²) in [6, 6.07) is 0. The Morgan fingerprint density at radius 3 is 3.23 bits per heavy atom. The van der Waals surface area contributed by atoms with Gasteiger partial charge in [0.15, 0.2) is 0 Å². The van der Waals surface area contributed by atoms with Crippen LogP contribution in [-0.2, 0) is 5.54 Å². The van der Waals surface area contributed by atoms with Crippen LogP contribution in [0.4, 0.5) is 0 Å².